The molecule has 0 heterocycles. The summed E-state index contributed by atoms with van der Waals surface area (Å²) in [5.74, 6) is -0.864. The molecule has 1 aromatic rings. The molecular weight excluding hydrogens is 948 g/mol. The summed E-state index contributed by atoms with van der Waals surface area (Å²) in [6, 6.07) is 6.23. The lowest BCUT2D eigenvalue weighted by atomic mass is 10.1. The Hall–Kier alpha value is -2.98. The van der Waals surface area contributed by atoms with Gasteiger partial charge in [0.1, 0.15) is 29.9 Å². The fourth-order valence-electron chi connectivity index (χ4n) is 3.98. The number of esters is 3. The molecule has 0 aliphatic carbocycles. The van der Waals surface area contributed by atoms with E-state index in [0.717, 1.165) is 18.4 Å². The van der Waals surface area contributed by atoms with E-state index in [9.17, 15) is 23.6 Å². The molecule has 4 unspecified atom stereocenters. The summed E-state index contributed by atoms with van der Waals surface area (Å²) < 4.78 is 35.0. The van der Waals surface area contributed by atoms with E-state index in [4.69, 9.17) is 18.9 Å². The minimum absolute atomic E-state index is 0. The first-order valence-electron chi connectivity index (χ1n) is 14.7. The van der Waals surface area contributed by atoms with Gasteiger partial charge < -0.3 is 18.9 Å². The van der Waals surface area contributed by atoms with Crippen molar-refractivity contribution in [2.75, 3.05) is 12.9 Å². The molecule has 1 rings (SSSR count). The maximum Gasteiger partial charge on any atom is 0.309 e. The number of halogens is 1. The monoisotopic (exact) mass is 1120 g/mol. The molecule has 10 heteroatoms. The summed E-state index contributed by atoms with van der Waals surface area (Å²) in [6.45, 7) is 6.92. The summed E-state index contributed by atoms with van der Waals surface area (Å²) in [6.07, 6.45) is 7.44. The summed E-state index contributed by atoms with van der Waals surface area (Å²) in [7, 11) is 1.51. The number of unbranched alkanes of at least 4 members (excludes halogenated alkanes) is 1. The highest BCUT2D eigenvalue weighted by atomic mass is 32.2. The second kappa shape index (κ2) is 133. The summed E-state index contributed by atoms with van der Waals surface area (Å²) in [5.41, 5.74) is 0.965. The molecule has 0 amide bonds. The van der Waals surface area contributed by atoms with Crippen molar-refractivity contribution in [3.8, 4) is 0 Å². The molecule has 0 saturated heterocycles. The minimum atomic E-state index is -0.760. The number of rotatable bonds is 22. The van der Waals surface area contributed by atoms with Gasteiger partial charge in [0.25, 0.3) is 0 Å². The van der Waals surface area contributed by atoms with Crippen LogP contribution in [0.2, 0.25) is 0 Å². The quantitative estimate of drug-likeness (QED) is 0.0638. The van der Waals surface area contributed by atoms with Gasteiger partial charge in [-0.1, -0.05) is 280 Å². The lowest BCUT2D eigenvalue weighted by molar-refractivity contribution is -0.160. The number of allylic oxidation sites excluding steroid dienone is 2. The van der Waals surface area contributed by atoms with Crippen LogP contribution in [-0.4, -0.2) is 61.0 Å². The molecule has 0 N–H and O–H groups in total. The second-order valence-corrected chi connectivity index (χ2v) is 11.4. The molecule has 1 aromatic carbocycles. The van der Waals surface area contributed by atoms with E-state index in [1.807, 2.05) is 19.1 Å². The number of thioether (sulfide) groups is 1. The first-order chi connectivity index (χ1) is 20.6. The molecule has 74 heavy (non-hydrogen) atoms. The van der Waals surface area contributed by atoms with E-state index in [0.29, 0.717) is 24.3 Å². The van der Waals surface area contributed by atoms with Crippen LogP contribution in [0.25, 0.3) is 0 Å². The topological polar surface area (TPSA) is 105 Å². The number of methoxy groups -OCH3 is 1. The van der Waals surface area contributed by atoms with Crippen molar-refractivity contribution in [2.24, 2.45) is 0 Å². The van der Waals surface area contributed by atoms with Crippen LogP contribution in [0.5, 0.6) is 0 Å². The molecule has 0 bridgehead atoms. The SMILES string of the molecule is C.C.C.C.C.C.C.C.C.C.C.C.C.C.C.C.C.C.C.C.C.C.C.C.C.C.C.C.C.C.C.CC=CCC(CC(=O)OC(CC=CCCC)CC(C)=O)OC(=O)CC(C)OC(=O)CC(CSCc1ccc(F)cc1)OC. The van der Waals surface area contributed by atoms with E-state index in [1.165, 1.54) is 26.2 Å². The van der Waals surface area contributed by atoms with Crippen molar-refractivity contribution in [2.45, 2.75) is 339 Å². The van der Waals surface area contributed by atoms with Gasteiger partial charge >= 0.3 is 17.9 Å². The summed E-state index contributed by atoms with van der Waals surface area (Å²) >= 11 is 1.55. The number of hydrogen-bond acceptors (Lipinski definition) is 9. The summed E-state index contributed by atoms with van der Waals surface area (Å²) in [5, 5.41) is 0. The van der Waals surface area contributed by atoms with Crippen LogP contribution in [0, 0.1) is 5.82 Å². The molecule has 4 atom stereocenters. The standard InChI is InChI=1S/C33H47FO8S.31CH4/c1-6-8-10-11-13-28(18-24(3)35)41-33(38)20-29(12-9-7-2)42-31(36)19-25(4)40-32(37)21-30(39-5)23-43-22-26-14-16-27(34)17-15-26;;;;;;;;;;;;;;;;;;;;;;;;;;;;;;;/h7,9-11,14-17,25,28-30H,6,8,12-13,18-23H2,1-5H3;31*1H4. The van der Waals surface area contributed by atoms with E-state index in [2.05, 4.69) is 6.92 Å². The first kappa shape index (κ1) is 217. The Labute approximate surface area is 488 Å². The highest BCUT2D eigenvalue weighted by Crippen LogP contribution is 2.18. The first-order valence-corrected chi connectivity index (χ1v) is 15.9. The van der Waals surface area contributed by atoms with Crippen LogP contribution in [0.3, 0.4) is 0 Å². The van der Waals surface area contributed by atoms with Crippen molar-refractivity contribution in [3.05, 3.63) is 60.0 Å². The second-order valence-electron chi connectivity index (χ2n) is 10.3. The average molecular weight is 1120 g/mol. The molecule has 0 aliphatic rings. The fraction of sp³-hybridized carbons (Fsp3) is 0.781. The van der Waals surface area contributed by atoms with Gasteiger partial charge in [-0.15, -0.1) is 0 Å². The molecule has 0 radical (unpaired) electrons. The Kier molecular flexibility index (Phi) is 392. The Morgan fingerprint density at radius 2 is 0.838 bits per heavy atom. The van der Waals surface area contributed by atoms with E-state index >= 15 is 0 Å². The Morgan fingerprint density at radius 1 is 0.500 bits per heavy atom. The van der Waals surface area contributed by atoms with Gasteiger partial charge in [-0.05, 0) is 44.9 Å². The molecular formula is C64H171FO8S. The number of Topliss-reactive ketones (excluding diaryl/α,β-unsaturated/α-hetero) is 1. The molecule has 0 aromatic heterocycles. The lowest BCUT2D eigenvalue weighted by Gasteiger charge is -2.20. The minimum Gasteiger partial charge on any atom is -0.462 e. The molecule has 0 saturated carbocycles. The van der Waals surface area contributed by atoms with Crippen molar-refractivity contribution in [3.63, 3.8) is 0 Å². The number of carbonyl (C=O) groups excluding carboxylic acids is 4. The zero-order chi connectivity index (χ0) is 32.0. The lowest BCUT2D eigenvalue weighted by Crippen LogP contribution is -2.28. The van der Waals surface area contributed by atoms with Crippen LogP contribution < -0.4 is 0 Å². The van der Waals surface area contributed by atoms with E-state index in [-0.39, 0.29) is 274 Å². The van der Waals surface area contributed by atoms with Crippen molar-refractivity contribution >= 4 is 35.5 Å². The van der Waals surface area contributed by atoms with E-state index < -0.39 is 36.2 Å². The maximum atomic E-state index is 13.1. The third kappa shape index (κ3) is 114. The maximum absolute atomic E-state index is 13.1. The number of carbonyl (C=O) groups is 4. The van der Waals surface area contributed by atoms with Gasteiger partial charge in [0.2, 0.25) is 0 Å². The smallest absolute Gasteiger partial charge is 0.309 e. The van der Waals surface area contributed by atoms with Gasteiger partial charge in [-0.2, -0.15) is 11.8 Å². The zero-order valence-corrected chi connectivity index (χ0v) is 26.9. The van der Waals surface area contributed by atoms with Gasteiger partial charge in [0.05, 0.1) is 25.4 Å². The molecule has 8 nitrogen and oxygen atoms in total. The molecule has 488 valence electrons. The van der Waals surface area contributed by atoms with Gasteiger partial charge in [-0.25, -0.2) is 4.39 Å². The Balaban J connectivity index is -0.0000000206. The van der Waals surface area contributed by atoms with E-state index in [1.54, 1.807) is 43.0 Å². The van der Waals surface area contributed by atoms with Crippen LogP contribution >= 0.6 is 11.8 Å². The Bertz CT molecular complexity index is 1050. The summed E-state index contributed by atoms with van der Waals surface area (Å²) in [4.78, 5) is 49.4. The van der Waals surface area contributed by atoms with Crippen LogP contribution in [0.4, 0.5) is 4.39 Å². The van der Waals surface area contributed by atoms with Crippen molar-refractivity contribution < 1.29 is 42.5 Å². The number of hydrogen-bond donors (Lipinski definition) is 0. The van der Waals surface area contributed by atoms with Crippen LogP contribution in [0.1, 0.15) is 315 Å². The largest absolute Gasteiger partial charge is 0.462 e. The van der Waals surface area contributed by atoms with Gasteiger partial charge in [0, 0.05) is 37.9 Å². The number of benzene rings is 1. The highest BCUT2D eigenvalue weighted by molar-refractivity contribution is 7.98. The number of ether oxygens (including phenoxy) is 4. The van der Waals surface area contributed by atoms with Crippen molar-refractivity contribution in [1.82, 2.24) is 0 Å². The molecule has 0 spiro atoms. The van der Waals surface area contributed by atoms with Gasteiger partial charge in [0.15, 0.2) is 0 Å². The fourth-order valence-corrected chi connectivity index (χ4v) is 5.04. The van der Waals surface area contributed by atoms with Crippen LogP contribution in [0.15, 0.2) is 48.6 Å². The third-order valence-electron chi connectivity index (χ3n) is 6.16. The average Bonchev–Trinajstić information content (AvgIpc) is 2.93. The predicted octanol–water partition coefficient (Wildman–Crippen LogP) is 26.4. The normalized spacial score (nSPS) is 8.30. The third-order valence-corrected chi connectivity index (χ3v) is 7.31. The van der Waals surface area contributed by atoms with Gasteiger partial charge in [-0.3, -0.25) is 19.2 Å². The molecule has 0 fully saturated rings. The van der Waals surface area contributed by atoms with Crippen LogP contribution in [-0.2, 0) is 43.9 Å². The van der Waals surface area contributed by atoms with Crippen molar-refractivity contribution in [1.29, 1.82) is 0 Å². The zero-order valence-electron chi connectivity index (χ0n) is 26.1. The highest BCUT2D eigenvalue weighted by Gasteiger charge is 2.24. The number of ketones is 1. The predicted molar refractivity (Wildman–Crippen MR) is 375 cm³/mol. The Morgan fingerprint density at radius 3 is 1.19 bits per heavy atom. The molecule has 0 aliphatic heterocycles.